The highest BCUT2D eigenvalue weighted by atomic mass is 79.9. The van der Waals surface area contributed by atoms with Crippen LogP contribution in [-0.2, 0) is 22.9 Å². The minimum Gasteiger partial charge on any atom is -0.361 e. The van der Waals surface area contributed by atoms with Crippen molar-refractivity contribution in [1.82, 2.24) is 19.3 Å². The first-order chi connectivity index (χ1) is 20.2. The van der Waals surface area contributed by atoms with Gasteiger partial charge in [0.1, 0.15) is 19.3 Å². The minimum absolute atomic E-state index is 0.246. The van der Waals surface area contributed by atoms with Crippen LogP contribution in [0, 0.1) is 12.7 Å². The van der Waals surface area contributed by atoms with Gasteiger partial charge in [-0.15, -0.1) is 0 Å². The molecule has 230 valence electrons. The van der Waals surface area contributed by atoms with Gasteiger partial charge in [0.15, 0.2) is 5.69 Å². The molecule has 1 unspecified atom stereocenters. The van der Waals surface area contributed by atoms with Crippen LogP contribution in [0.1, 0.15) is 33.4 Å². The van der Waals surface area contributed by atoms with Gasteiger partial charge < -0.3 is 14.0 Å². The first-order valence-electron chi connectivity index (χ1n) is 14.7. The normalized spacial score (nSPS) is 15.6. The van der Waals surface area contributed by atoms with Gasteiger partial charge in [0.25, 0.3) is 5.91 Å². The van der Waals surface area contributed by atoms with Gasteiger partial charge in [-0.2, -0.15) is 5.10 Å². The predicted molar refractivity (Wildman–Crippen MR) is 178 cm³/mol. The molecule has 1 atom stereocenters. The lowest BCUT2D eigenvalue weighted by molar-refractivity contribution is 0.0761. The molecule has 0 saturated heterocycles. The van der Waals surface area contributed by atoms with E-state index in [4.69, 9.17) is 9.47 Å². The van der Waals surface area contributed by atoms with Crippen molar-refractivity contribution < 1.29 is 18.7 Å². The van der Waals surface area contributed by atoms with Crippen LogP contribution in [0.3, 0.4) is 0 Å². The van der Waals surface area contributed by atoms with E-state index in [0.29, 0.717) is 46.9 Å². The van der Waals surface area contributed by atoms with Gasteiger partial charge in [-0.3, -0.25) is 9.69 Å². The molecule has 5 rings (SSSR count). The van der Waals surface area contributed by atoms with Crippen LogP contribution in [0.2, 0.25) is 51.4 Å². The Morgan fingerprint density at radius 2 is 1.63 bits per heavy atom. The predicted octanol–water partition coefficient (Wildman–Crippen LogP) is 7.82. The lowest BCUT2D eigenvalue weighted by Gasteiger charge is -2.27. The molecule has 0 saturated carbocycles. The Labute approximate surface area is 263 Å². The summed E-state index contributed by atoms with van der Waals surface area (Å²) in [6, 6.07) is 12.1. The number of fused-ring (bicyclic) bond motifs is 2. The van der Waals surface area contributed by atoms with Crippen molar-refractivity contribution in [2.24, 2.45) is 0 Å². The molecule has 0 bridgehead atoms. The number of carbonyl (C=O) groups is 1. The van der Waals surface area contributed by atoms with E-state index in [1.54, 1.807) is 28.0 Å². The third-order valence-corrected chi connectivity index (χ3v) is 11.7. The maximum absolute atomic E-state index is 15.5. The summed E-state index contributed by atoms with van der Waals surface area (Å²) >= 11 is 3.37. The molecular formula is C31H41BrFN5O3Si2. The van der Waals surface area contributed by atoms with Gasteiger partial charge in [-0.1, -0.05) is 61.3 Å². The lowest BCUT2D eigenvalue weighted by Crippen LogP contribution is -2.30. The highest BCUT2D eigenvalue weighted by Gasteiger charge is 2.44. The van der Waals surface area contributed by atoms with Crippen molar-refractivity contribution in [3.05, 3.63) is 75.5 Å². The van der Waals surface area contributed by atoms with E-state index >= 15 is 4.39 Å². The number of nitrogens with zero attached hydrogens (tertiary/aromatic N) is 5. The standard InChI is InChI=1S/C31H41BrFN5O3Si2/c1-21-28-29(35-37(21)20-41-13-15-43(5,6)7)31(39)38(30(28)24-10-8-22(32)16-25(24)33)23-9-11-27-26(17-23)34-18-36(27)19-40-12-14-42(2,3)4/h8-11,16-18,30H,12-15,19-20H2,1-7H3. The second-order valence-electron chi connectivity index (χ2n) is 13.7. The van der Waals surface area contributed by atoms with E-state index < -0.39 is 28.0 Å². The van der Waals surface area contributed by atoms with Crippen LogP contribution in [0.15, 0.2) is 47.2 Å². The number of aromatic nitrogens is 4. The summed E-state index contributed by atoms with van der Waals surface area (Å²) in [5.74, 6) is -0.677. The van der Waals surface area contributed by atoms with Crippen molar-refractivity contribution in [3.63, 3.8) is 0 Å². The molecule has 1 aliphatic rings. The summed E-state index contributed by atoms with van der Waals surface area (Å²) in [7, 11) is -2.42. The zero-order valence-corrected chi connectivity index (χ0v) is 29.7. The van der Waals surface area contributed by atoms with Gasteiger partial charge in [0.2, 0.25) is 0 Å². The van der Waals surface area contributed by atoms with Crippen molar-refractivity contribution in [3.8, 4) is 0 Å². The fourth-order valence-electron chi connectivity index (χ4n) is 5.19. The number of halogens is 2. The van der Waals surface area contributed by atoms with Crippen molar-refractivity contribution >= 4 is 54.7 Å². The van der Waals surface area contributed by atoms with E-state index in [-0.39, 0.29) is 12.6 Å². The van der Waals surface area contributed by atoms with Crippen LogP contribution in [0.4, 0.5) is 10.1 Å². The molecular weight excluding hydrogens is 645 g/mol. The Bertz CT molecular complexity index is 1640. The van der Waals surface area contributed by atoms with Crippen molar-refractivity contribution in [2.75, 3.05) is 18.1 Å². The molecule has 2 aromatic heterocycles. The molecule has 4 aromatic rings. The van der Waals surface area contributed by atoms with E-state index in [0.717, 1.165) is 28.8 Å². The maximum Gasteiger partial charge on any atom is 0.280 e. The van der Waals surface area contributed by atoms with Crippen LogP contribution >= 0.6 is 15.9 Å². The molecule has 8 nitrogen and oxygen atoms in total. The molecule has 2 aromatic carbocycles. The number of anilines is 1. The lowest BCUT2D eigenvalue weighted by atomic mass is 9.98. The number of amides is 1. The Kier molecular flexibility index (Phi) is 9.15. The summed E-state index contributed by atoms with van der Waals surface area (Å²) in [4.78, 5) is 20.3. The zero-order chi connectivity index (χ0) is 31.1. The number of hydrogen-bond donors (Lipinski definition) is 0. The topological polar surface area (TPSA) is 74.4 Å². The monoisotopic (exact) mass is 685 g/mol. The first kappa shape index (κ1) is 31.8. The van der Waals surface area contributed by atoms with E-state index in [1.807, 2.05) is 29.7 Å². The second kappa shape index (κ2) is 12.4. The average molecular weight is 687 g/mol. The number of imidazole rings is 1. The van der Waals surface area contributed by atoms with Crippen LogP contribution < -0.4 is 4.90 Å². The molecule has 0 spiro atoms. The van der Waals surface area contributed by atoms with Gasteiger partial charge in [-0.25, -0.2) is 14.1 Å². The summed E-state index contributed by atoms with van der Waals surface area (Å²) in [5, 5.41) is 4.68. The number of rotatable bonds is 12. The van der Waals surface area contributed by atoms with Crippen molar-refractivity contribution in [2.45, 2.75) is 77.8 Å². The molecule has 1 aliphatic heterocycles. The number of carbonyl (C=O) groups excluding carboxylic acids is 1. The molecule has 1 amide bonds. The zero-order valence-electron chi connectivity index (χ0n) is 26.1. The Hall–Kier alpha value is -2.65. The Morgan fingerprint density at radius 1 is 0.953 bits per heavy atom. The summed E-state index contributed by atoms with van der Waals surface area (Å²) < 4.78 is 31.8. The molecule has 43 heavy (non-hydrogen) atoms. The molecule has 0 N–H and O–H groups in total. The summed E-state index contributed by atoms with van der Waals surface area (Å²) in [6.45, 7) is 17.8. The Balaban J connectivity index is 1.46. The maximum atomic E-state index is 15.5. The molecule has 3 heterocycles. The minimum atomic E-state index is -1.24. The third-order valence-electron chi connectivity index (χ3n) is 7.78. The van der Waals surface area contributed by atoms with Crippen LogP contribution in [0.5, 0.6) is 0 Å². The first-order valence-corrected chi connectivity index (χ1v) is 22.9. The fraction of sp³-hybridized carbons (Fsp3) is 0.452. The van der Waals surface area contributed by atoms with Gasteiger partial charge >= 0.3 is 0 Å². The van der Waals surface area contributed by atoms with Crippen LogP contribution in [-0.4, -0.2) is 54.6 Å². The average Bonchev–Trinajstić information content (AvgIpc) is 3.55. The van der Waals surface area contributed by atoms with Crippen LogP contribution in [0.25, 0.3) is 11.0 Å². The van der Waals surface area contributed by atoms with Gasteiger partial charge in [0.05, 0.1) is 23.4 Å². The van der Waals surface area contributed by atoms with E-state index in [2.05, 4.69) is 65.3 Å². The smallest absolute Gasteiger partial charge is 0.280 e. The highest BCUT2D eigenvalue weighted by molar-refractivity contribution is 9.10. The molecule has 0 aliphatic carbocycles. The molecule has 12 heteroatoms. The third kappa shape index (κ3) is 7.03. The van der Waals surface area contributed by atoms with Crippen molar-refractivity contribution in [1.29, 1.82) is 0 Å². The quantitative estimate of drug-likeness (QED) is 0.112. The number of hydrogen-bond acceptors (Lipinski definition) is 5. The van der Waals surface area contributed by atoms with Gasteiger partial charge in [-0.05, 0) is 49.3 Å². The Morgan fingerprint density at radius 3 is 2.28 bits per heavy atom. The number of ether oxygens (including phenoxy) is 2. The summed E-state index contributed by atoms with van der Waals surface area (Å²) in [5.41, 5.74) is 4.47. The van der Waals surface area contributed by atoms with E-state index in [9.17, 15) is 4.79 Å². The van der Waals surface area contributed by atoms with Gasteiger partial charge in [0, 0.05) is 56.3 Å². The van der Waals surface area contributed by atoms with E-state index in [1.165, 1.54) is 6.07 Å². The molecule has 0 fully saturated rings. The largest absolute Gasteiger partial charge is 0.361 e. The molecule has 0 radical (unpaired) electrons. The number of benzene rings is 2. The highest BCUT2D eigenvalue weighted by Crippen LogP contribution is 2.44. The SMILES string of the molecule is Cc1c2c(nn1COCC[Si](C)(C)C)C(=O)N(c1ccc3c(c1)ncn3COCC[Si](C)(C)C)C2c1ccc(Br)cc1F. The second-order valence-corrected chi connectivity index (χ2v) is 25.8. The fourth-order valence-corrected chi connectivity index (χ4v) is 7.04. The summed E-state index contributed by atoms with van der Waals surface area (Å²) in [6.07, 6.45) is 1.76.